The van der Waals surface area contributed by atoms with Crippen LogP contribution in [0.2, 0.25) is 0 Å². The standard InChI is InChI=1S/C71H50N2/c1-4-24-54(25-5-1)71(55-40-36-49(37-41-55)44-66-63-32-16-14-30-61(63)62-31-15-17-33-64(62)66)67-35-19-18-34-65(67)70-68(71)47-60(72(56-26-6-2-7-27-56)58-42-38-50-20-10-12-22-52(50)45-58)48-69(70)73(57-28-8-3-9-29-57)59-43-39-51-21-11-13-23-53(51)46-59/h1-43,45-48,66H,44H2. The van der Waals surface area contributed by atoms with Crippen LogP contribution in [0.15, 0.2) is 285 Å². The second kappa shape index (κ2) is 17.6. The van der Waals surface area contributed by atoms with Gasteiger partial charge in [0.2, 0.25) is 0 Å². The Bertz CT molecular complexity index is 3970. The molecule has 0 saturated heterocycles. The molecule has 12 aromatic rings. The van der Waals surface area contributed by atoms with Crippen molar-refractivity contribution in [2.75, 3.05) is 9.80 Å². The van der Waals surface area contributed by atoms with Gasteiger partial charge in [-0.05, 0) is 144 Å². The minimum Gasteiger partial charge on any atom is -0.310 e. The van der Waals surface area contributed by atoms with E-state index in [0.29, 0.717) is 0 Å². The molecule has 2 heteroatoms. The minimum atomic E-state index is -0.694. The van der Waals surface area contributed by atoms with Gasteiger partial charge in [-0.25, -0.2) is 0 Å². The van der Waals surface area contributed by atoms with Gasteiger partial charge in [0.15, 0.2) is 0 Å². The zero-order valence-corrected chi connectivity index (χ0v) is 40.3. The Labute approximate surface area is 427 Å². The predicted octanol–water partition coefficient (Wildman–Crippen LogP) is 18.7. The average Bonchev–Trinajstić information content (AvgIpc) is 3.94. The lowest BCUT2D eigenvalue weighted by molar-refractivity contribution is 0.765. The SMILES string of the molecule is c1ccc(N(c2cc(N(c3ccccc3)c3ccc4ccccc4c3)c3c(c2)C(c2ccccc2)(c2ccc(CC4c5ccccc5-c5ccccc54)cc2)c2ccccc2-3)c2ccc3ccccc3c2)cc1. The van der Waals surface area contributed by atoms with Crippen molar-refractivity contribution in [2.24, 2.45) is 0 Å². The summed E-state index contributed by atoms with van der Waals surface area (Å²) in [5.74, 6) is 0.289. The van der Waals surface area contributed by atoms with Crippen molar-refractivity contribution in [3.05, 3.63) is 324 Å². The molecule has 0 aromatic heterocycles. The number of nitrogens with zero attached hydrogens (tertiary/aromatic N) is 2. The smallest absolute Gasteiger partial charge is 0.0715 e. The first-order valence-corrected chi connectivity index (χ1v) is 25.5. The van der Waals surface area contributed by atoms with E-state index in [4.69, 9.17) is 0 Å². The topological polar surface area (TPSA) is 6.48 Å². The molecule has 1 atom stereocenters. The number of anilines is 6. The van der Waals surface area contributed by atoms with Crippen LogP contribution in [0.4, 0.5) is 34.1 Å². The molecular weight excluding hydrogens is 881 g/mol. The molecule has 0 N–H and O–H groups in total. The summed E-state index contributed by atoms with van der Waals surface area (Å²) in [6.45, 7) is 0. The van der Waals surface area contributed by atoms with E-state index in [1.54, 1.807) is 0 Å². The van der Waals surface area contributed by atoms with Crippen LogP contribution in [0.3, 0.4) is 0 Å². The zero-order valence-electron chi connectivity index (χ0n) is 40.3. The second-order valence-electron chi connectivity index (χ2n) is 19.6. The van der Waals surface area contributed by atoms with Crippen LogP contribution < -0.4 is 9.80 Å². The van der Waals surface area contributed by atoms with E-state index in [1.807, 2.05) is 0 Å². The Morgan fingerprint density at radius 3 is 1.37 bits per heavy atom. The van der Waals surface area contributed by atoms with Crippen LogP contribution in [0.5, 0.6) is 0 Å². The van der Waals surface area contributed by atoms with E-state index >= 15 is 0 Å². The minimum absolute atomic E-state index is 0.289. The monoisotopic (exact) mass is 930 g/mol. The zero-order chi connectivity index (χ0) is 48.3. The van der Waals surface area contributed by atoms with Gasteiger partial charge in [0.05, 0.1) is 11.1 Å². The molecule has 2 aliphatic rings. The average molecular weight is 931 g/mol. The van der Waals surface area contributed by atoms with Crippen molar-refractivity contribution in [1.29, 1.82) is 0 Å². The van der Waals surface area contributed by atoms with Gasteiger partial charge >= 0.3 is 0 Å². The summed E-state index contributed by atoms with van der Waals surface area (Å²) >= 11 is 0. The Balaban J connectivity index is 1.05. The van der Waals surface area contributed by atoms with Crippen LogP contribution in [0.1, 0.15) is 44.9 Å². The van der Waals surface area contributed by atoms with E-state index in [9.17, 15) is 0 Å². The van der Waals surface area contributed by atoms with Crippen LogP contribution in [0, 0.1) is 0 Å². The molecular formula is C71H50N2. The van der Waals surface area contributed by atoms with Gasteiger partial charge in [-0.15, -0.1) is 0 Å². The maximum absolute atomic E-state index is 2.51. The van der Waals surface area contributed by atoms with Gasteiger partial charge < -0.3 is 9.80 Å². The van der Waals surface area contributed by atoms with Gasteiger partial charge in [0.25, 0.3) is 0 Å². The Morgan fingerprint density at radius 2 is 0.767 bits per heavy atom. The van der Waals surface area contributed by atoms with Crippen LogP contribution in [-0.2, 0) is 11.8 Å². The Morgan fingerprint density at radius 1 is 0.301 bits per heavy atom. The molecule has 0 spiro atoms. The predicted molar refractivity (Wildman–Crippen MR) is 306 cm³/mol. The molecule has 0 aliphatic heterocycles. The molecule has 14 rings (SSSR count). The number of hydrogen-bond donors (Lipinski definition) is 0. The lowest BCUT2D eigenvalue weighted by Gasteiger charge is -2.36. The molecule has 12 aromatic carbocycles. The summed E-state index contributed by atoms with van der Waals surface area (Å²) in [6.07, 6.45) is 0.920. The van der Waals surface area contributed by atoms with Gasteiger partial charge in [-0.3, -0.25) is 0 Å². The molecule has 0 amide bonds. The number of para-hydroxylation sites is 2. The first-order valence-electron chi connectivity index (χ1n) is 25.5. The maximum Gasteiger partial charge on any atom is 0.0715 e. The summed E-state index contributed by atoms with van der Waals surface area (Å²) in [6, 6.07) is 106. The first-order chi connectivity index (χ1) is 36.2. The molecule has 344 valence electrons. The number of benzene rings is 12. The van der Waals surface area contributed by atoms with E-state index in [1.165, 1.54) is 82.7 Å². The highest BCUT2D eigenvalue weighted by Crippen LogP contribution is 2.61. The van der Waals surface area contributed by atoms with Gasteiger partial charge in [0.1, 0.15) is 0 Å². The van der Waals surface area contributed by atoms with Crippen LogP contribution in [-0.4, -0.2) is 0 Å². The lowest BCUT2D eigenvalue weighted by atomic mass is 9.67. The number of fused-ring (bicyclic) bond motifs is 8. The second-order valence-corrected chi connectivity index (χ2v) is 19.6. The van der Waals surface area contributed by atoms with Crippen molar-refractivity contribution < 1.29 is 0 Å². The Hall–Kier alpha value is -9.24. The third kappa shape index (κ3) is 7.01. The van der Waals surface area contributed by atoms with Crippen LogP contribution >= 0.6 is 0 Å². The van der Waals surface area contributed by atoms with E-state index in [-0.39, 0.29) is 5.92 Å². The van der Waals surface area contributed by atoms with E-state index in [0.717, 1.165) is 40.5 Å². The van der Waals surface area contributed by atoms with Crippen molar-refractivity contribution in [3.63, 3.8) is 0 Å². The third-order valence-corrected chi connectivity index (χ3v) is 15.6. The fourth-order valence-electron chi connectivity index (χ4n) is 12.4. The highest BCUT2D eigenvalue weighted by molar-refractivity contribution is 6.02. The van der Waals surface area contributed by atoms with Crippen molar-refractivity contribution in [1.82, 2.24) is 0 Å². The van der Waals surface area contributed by atoms with E-state index in [2.05, 4.69) is 295 Å². The van der Waals surface area contributed by atoms with E-state index < -0.39 is 5.41 Å². The highest BCUT2D eigenvalue weighted by atomic mass is 15.2. The normalized spacial score (nSPS) is 14.4. The fraction of sp³-hybridized carbons (Fsp3) is 0.0423. The maximum atomic E-state index is 2.51. The Kier molecular flexibility index (Phi) is 10.3. The first kappa shape index (κ1) is 42.6. The molecule has 2 nitrogen and oxygen atoms in total. The molecule has 0 bridgehead atoms. The van der Waals surface area contributed by atoms with Crippen molar-refractivity contribution >= 4 is 55.7 Å². The molecule has 1 unspecified atom stereocenters. The summed E-state index contributed by atoms with van der Waals surface area (Å²) in [7, 11) is 0. The summed E-state index contributed by atoms with van der Waals surface area (Å²) in [4.78, 5) is 4.95. The van der Waals surface area contributed by atoms with Gasteiger partial charge in [-0.2, -0.15) is 0 Å². The van der Waals surface area contributed by atoms with Gasteiger partial charge in [-0.1, -0.05) is 224 Å². The summed E-state index contributed by atoms with van der Waals surface area (Å²) < 4.78 is 0. The number of hydrogen-bond acceptors (Lipinski definition) is 2. The highest BCUT2D eigenvalue weighted by Gasteiger charge is 2.48. The number of rotatable bonds is 10. The lowest BCUT2D eigenvalue weighted by Crippen LogP contribution is -2.29. The fourth-order valence-corrected chi connectivity index (χ4v) is 12.4. The molecule has 73 heavy (non-hydrogen) atoms. The van der Waals surface area contributed by atoms with Crippen LogP contribution in [0.25, 0.3) is 43.8 Å². The molecule has 0 heterocycles. The molecule has 0 fully saturated rings. The molecule has 0 radical (unpaired) electrons. The molecule has 0 saturated carbocycles. The third-order valence-electron chi connectivity index (χ3n) is 15.6. The largest absolute Gasteiger partial charge is 0.310 e. The van der Waals surface area contributed by atoms with Crippen molar-refractivity contribution in [2.45, 2.75) is 17.8 Å². The van der Waals surface area contributed by atoms with Gasteiger partial charge in [0, 0.05) is 39.9 Å². The van der Waals surface area contributed by atoms with Crippen molar-refractivity contribution in [3.8, 4) is 22.3 Å². The quantitative estimate of drug-likeness (QED) is 0.135. The molecule has 2 aliphatic carbocycles. The summed E-state index contributed by atoms with van der Waals surface area (Å²) in [5, 5.41) is 4.81. The summed E-state index contributed by atoms with van der Waals surface area (Å²) in [5.41, 5.74) is 20.1.